The van der Waals surface area contributed by atoms with Crippen molar-refractivity contribution in [1.82, 2.24) is 4.31 Å². The van der Waals surface area contributed by atoms with Crippen LogP contribution in [0, 0.1) is 5.82 Å². The molecule has 3 rings (SSSR count). The zero-order chi connectivity index (χ0) is 16.4. The molecular formula is C15H16FNO4S2. The summed E-state index contributed by atoms with van der Waals surface area (Å²) in [7, 11) is -1.99. The van der Waals surface area contributed by atoms with Gasteiger partial charge in [-0.05, 0) is 29.1 Å². The summed E-state index contributed by atoms with van der Waals surface area (Å²) < 4.78 is 50.2. The molecule has 0 N–H and O–H groups in total. The summed E-state index contributed by atoms with van der Waals surface area (Å²) in [4.78, 5) is 0. The molecule has 1 aliphatic heterocycles. The molecule has 0 amide bonds. The fraction of sp³-hybridized carbons (Fsp3) is 0.333. The van der Waals surface area contributed by atoms with Crippen molar-refractivity contribution in [1.29, 1.82) is 0 Å². The Hall–Kier alpha value is -1.48. The Balaban J connectivity index is 1.52. The Bertz CT molecular complexity index is 771. The molecule has 1 aromatic carbocycles. The molecule has 2 heterocycles. The van der Waals surface area contributed by atoms with Gasteiger partial charge in [0, 0.05) is 13.1 Å². The third kappa shape index (κ3) is 3.40. The van der Waals surface area contributed by atoms with Crippen molar-refractivity contribution >= 4 is 21.4 Å². The van der Waals surface area contributed by atoms with Gasteiger partial charge < -0.3 is 9.47 Å². The molecule has 124 valence electrons. The molecule has 23 heavy (non-hydrogen) atoms. The molecule has 0 spiro atoms. The summed E-state index contributed by atoms with van der Waals surface area (Å²) in [5.74, 6) is -0.255. The Morgan fingerprint density at radius 1 is 1.35 bits per heavy atom. The number of methoxy groups -OCH3 is 1. The highest BCUT2D eigenvalue weighted by atomic mass is 32.2. The zero-order valence-electron chi connectivity index (χ0n) is 12.4. The predicted octanol–water partition coefficient (Wildman–Crippen LogP) is 2.49. The number of hydrogen-bond acceptors (Lipinski definition) is 5. The lowest BCUT2D eigenvalue weighted by atomic mass is 10.2. The molecule has 0 bridgehead atoms. The smallest absolute Gasteiger partial charge is 0.252 e. The van der Waals surface area contributed by atoms with Crippen LogP contribution in [0.2, 0.25) is 0 Å². The van der Waals surface area contributed by atoms with E-state index < -0.39 is 15.8 Å². The first-order chi connectivity index (χ1) is 11.0. The highest BCUT2D eigenvalue weighted by Gasteiger charge is 2.37. The molecule has 1 aromatic heterocycles. The van der Waals surface area contributed by atoms with E-state index >= 15 is 0 Å². The van der Waals surface area contributed by atoms with Crippen LogP contribution in [-0.2, 0) is 21.4 Å². The molecular weight excluding hydrogens is 341 g/mol. The van der Waals surface area contributed by atoms with Crippen LogP contribution in [0.4, 0.5) is 4.39 Å². The van der Waals surface area contributed by atoms with Crippen LogP contribution in [0.5, 0.6) is 5.75 Å². The molecule has 2 aromatic rings. The van der Waals surface area contributed by atoms with E-state index in [0.717, 1.165) is 0 Å². The van der Waals surface area contributed by atoms with Gasteiger partial charge >= 0.3 is 0 Å². The second-order valence-electron chi connectivity index (χ2n) is 5.16. The maximum atomic E-state index is 13.6. The predicted molar refractivity (Wildman–Crippen MR) is 84.6 cm³/mol. The van der Waals surface area contributed by atoms with Gasteiger partial charge in [-0.1, -0.05) is 12.1 Å². The molecule has 1 saturated heterocycles. The van der Waals surface area contributed by atoms with Crippen molar-refractivity contribution in [2.24, 2.45) is 0 Å². The van der Waals surface area contributed by atoms with Crippen molar-refractivity contribution < 1.29 is 22.3 Å². The SMILES string of the molecule is COc1ccc(COC2CN(S(=O)(=O)c3cccs3)C2)cc1F. The highest BCUT2D eigenvalue weighted by Crippen LogP contribution is 2.27. The van der Waals surface area contributed by atoms with Gasteiger partial charge in [0.15, 0.2) is 11.6 Å². The van der Waals surface area contributed by atoms with Gasteiger partial charge in [0.2, 0.25) is 0 Å². The van der Waals surface area contributed by atoms with Gasteiger partial charge in [-0.25, -0.2) is 12.8 Å². The summed E-state index contributed by atoms with van der Waals surface area (Å²) >= 11 is 1.20. The average molecular weight is 357 g/mol. The minimum Gasteiger partial charge on any atom is -0.494 e. The van der Waals surface area contributed by atoms with E-state index in [0.29, 0.717) is 22.9 Å². The maximum Gasteiger partial charge on any atom is 0.252 e. The minimum absolute atomic E-state index is 0.171. The first kappa shape index (κ1) is 16.4. The van der Waals surface area contributed by atoms with Gasteiger partial charge in [-0.2, -0.15) is 4.31 Å². The molecule has 1 aliphatic rings. The van der Waals surface area contributed by atoms with E-state index in [9.17, 15) is 12.8 Å². The fourth-order valence-corrected chi connectivity index (χ4v) is 4.90. The standard InChI is InChI=1S/C15H16FNO4S2/c1-20-14-5-4-11(7-13(14)16)10-21-12-8-17(9-12)23(18,19)15-3-2-6-22-15/h2-7,12H,8-10H2,1H3. The first-order valence-electron chi connectivity index (χ1n) is 6.98. The van der Waals surface area contributed by atoms with Crippen molar-refractivity contribution in [3.8, 4) is 5.75 Å². The number of halogens is 1. The zero-order valence-corrected chi connectivity index (χ0v) is 14.1. The topological polar surface area (TPSA) is 55.8 Å². The summed E-state index contributed by atoms with van der Waals surface area (Å²) in [6, 6.07) is 7.93. The van der Waals surface area contributed by atoms with Crippen LogP contribution in [-0.4, -0.2) is 39.0 Å². The molecule has 0 aliphatic carbocycles. The fourth-order valence-electron chi connectivity index (χ4n) is 2.25. The van der Waals surface area contributed by atoms with E-state index in [-0.39, 0.29) is 18.5 Å². The number of sulfonamides is 1. The molecule has 8 heteroatoms. The molecule has 1 fully saturated rings. The first-order valence-corrected chi connectivity index (χ1v) is 9.30. The average Bonchev–Trinajstić information content (AvgIpc) is 3.00. The molecule has 0 unspecified atom stereocenters. The largest absolute Gasteiger partial charge is 0.494 e. The number of benzene rings is 1. The van der Waals surface area contributed by atoms with Crippen LogP contribution < -0.4 is 4.74 Å². The van der Waals surface area contributed by atoms with Crippen molar-refractivity contribution in [2.75, 3.05) is 20.2 Å². The Kier molecular flexibility index (Phi) is 4.67. The van der Waals surface area contributed by atoms with Crippen LogP contribution in [0.25, 0.3) is 0 Å². The number of thiophene rings is 1. The second-order valence-corrected chi connectivity index (χ2v) is 8.27. The molecule has 0 saturated carbocycles. The lowest BCUT2D eigenvalue weighted by Gasteiger charge is -2.37. The van der Waals surface area contributed by atoms with Gasteiger partial charge in [-0.3, -0.25) is 0 Å². The third-order valence-corrected chi connectivity index (χ3v) is 6.81. The Morgan fingerprint density at radius 3 is 2.74 bits per heavy atom. The highest BCUT2D eigenvalue weighted by molar-refractivity contribution is 7.91. The van der Waals surface area contributed by atoms with E-state index in [1.54, 1.807) is 29.6 Å². The number of rotatable bonds is 6. The second kappa shape index (κ2) is 6.56. The third-order valence-electron chi connectivity index (χ3n) is 3.61. The van der Waals surface area contributed by atoms with Gasteiger partial charge in [0.05, 0.1) is 19.8 Å². The van der Waals surface area contributed by atoms with Gasteiger partial charge in [-0.15, -0.1) is 11.3 Å². The summed E-state index contributed by atoms with van der Waals surface area (Å²) in [5, 5.41) is 1.73. The summed E-state index contributed by atoms with van der Waals surface area (Å²) in [6.07, 6.45) is -0.171. The Morgan fingerprint density at radius 2 is 2.13 bits per heavy atom. The molecule has 5 nitrogen and oxygen atoms in total. The van der Waals surface area contributed by atoms with Crippen molar-refractivity contribution in [2.45, 2.75) is 16.9 Å². The number of nitrogens with zero attached hydrogens (tertiary/aromatic N) is 1. The molecule has 0 atom stereocenters. The van der Waals surface area contributed by atoms with Crippen LogP contribution >= 0.6 is 11.3 Å². The van der Waals surface area contributed by atoms with Crippen LogP contribution in [0.3, 0.4) is 0 Å². The van der Waals surface area contributed by atoms with Crippen molar-refractivity contribution in [3.05, 3.63) is 47.1 Å². The Labute approximate surface area is 138 Å². The number of hydrogen-bond donors (Lipinski definition) is 0. The summed E-state index contributed by atoms with van der Waals surface area (Å²) in [6.45, 7) is 0.871. The quantitative estimate of drug-likeness (QED) is 0.797. The summed E-state index contributed by atoms with van der Waals surface area (Å²) in [5.41, 5.74) is 0.683. The minimum atomic E-state index is -3.40. The normalized spacial score (nSPS) is 16.3. The van der Waals surface area contributed by atoms with Crippen LogP contribution in [0.1, 0.15) is 5.56 Å². The van der Waals surface area contributed by atoms with E-state index in [2.05, 4.69) is 0 Å². The van der Waals surface area contributed by atoms with Gasteiger partial charge in [0.1, 0.15) is 4.21 Å². The lowest BCUT2D eigenvalue weighted by molar-refractivity contribution is -0.0296. The van der Waals surface area contributed by atoms with Gasteiger partial charge in [0.25, 0.3) is 10.0 Å². The lowest BCUT2D eigenvalue weighted by Crippen LogP contribution is -2.54. The van der Waals surface area contributed by atoms with E-state index in [1.165, 1.54) is 28.8 Å². The monoisotopic (exact) mass is 357 g/mol. The maximum absolute atomic E-state index is 13.6. The number of ether oxygens (including phenoxy) is 2. The molecule has 0 radical (unpaired) electrons. The van der Waals surface area contributed by atoms with E-state index in [4.69, 9.17) is 9.47 Å². The van der Waals surface area contributed by atoms with Crippen molar-refractivity contribution in [3.63, 3.8) is 0 Å². The van der Waals surface area contributed by atoms with Crippen LogP contribution in [0.15, 0.2) is 39.9 Å². The van der Waals surface area contributed by atoms with E-state index in [1.807, 2.05) is 0 Å².